The van der Waals surface area contributed by atoms with Gasteiger partial charge in [-0.1, -0.05) is 36.8 Å². The summed E-state index contributed by atoms with van der Waals surface area (Å²) in [6.07, 6.45) is 0.872. The Bertz CT molecular complexity index is 680. The molecule has 0 aliphatic heterocycles. The summed E-state index contributed by atoms with van der Waals surface area (Å²) in [5.74, 6) is 0.155. The highest BCUT2D eigenvalue weighted by atomic mass is 32.2. The van der Waals surface area contributed by atoms with Gasteiger partial charge in [-0.2, -0.15) is 0 Å². The topological polar surface area (TPSA) is 59.1 Å². The first-order chi connectivity index (χ1) is 11.0. The van der Waals surface area contributed by atoms with E-state index in [1.54, 1.807) is 6.92 Å². The molecule has 1 amide bonds. The van der Waals surface area contributed by atoms with Gasteiger partial charge in [0.05, 0.1) is 11.4 Å². The van der Waals surface area contributed by atoms with Crippen LogP contribution in [-0.2, 0) is 21.3 Å². The summed E-state index contributed by atoms with van der Waals surface area (Å²) in [5.41, 5.74) is 3.05. The van der Waals surface area contributed by atoms with E-state index in [0.29, 0.717) is 12.3 Å². The Labute approximate surface area is 143 Å². The number of amides is 1. The van der Waals surface area contributed by atoms with Crippen LogP contribution in [0.2, 0.25) is 0 Å². The van der Waals surface area contributed by atoms with Gasteiger partial charge in [-0.3, -0.25) is 9.00 Å². The molecule has 2 atom stereocenters. The second kappa shape index (κ2) is 8.36. The number of nitrogens with one attached hydrogen (secondary N) is 1. The van der Waals surface area contributed by atoms with E-state index in [4.69, 9.17) is 0 Å². The molecule has 2 aromatic rings. The van der Waals surface area contributed by atoms with Crippen molar-refractivity contribution in [3.63, 3.8) is 0 Å². The van der Waals surface area contributed by atoms with Crippen LogP contribution in [0.25, 0.3) is 10.6 Å². The van der Waals surface area contributed by atoms with Gasteiger partial charge in [0.1, 0.15) is 10.3 Å². The maximum atomic E-state index is 12.3. The Morgan fingerprint density at radius 2 is 2.04 bits per heavy atom. The van der Waals surface area contributed by atoms with Crippen LogP contribution in [0.5, 0.6) is 0 Å². The highest BCUT2D eigenvalue weighted by Gasteiger charge is 2.20. The lowest BCUT2D eigenvalue weighted by Gasteiger charge is -2.10. The van der Waals surface area contributed by atoms with Gasteiger partial charge in [0.25, 0.3) is 0 Å². The van der Waals surface area contributed by atoms with Gasteiger partial charge in [0.2, 0.25) is 5.91 Å². The van der Waals surface area contributed by atoms with E-state index in [2.05, 4.69) is 22.4 Å². The van der Waals surface area contributed by atoms with E-state index >= 15 is 0 Å². The summed E-state index contributed by atoms with van der Waals surface area (Å²) in [7, 11) is -1.26. The lowest BCUT2D eigenvalue weighted by molar-refractivity contribution is -0.120. The van der Waals surface area contributed by atoms with E-state index in [0.717, 1.165) is 22.7 Å². The van der Waals surface area contributed by atoms with Gasteiger partial charge < -0.3 is 5.32 Å². The Morgan fingerprint density at radius 3 is 2.70 bits per heavy atom. The second-order valence-corrected chi connectivity index (χ2v) is 8.08. The largest absolute Gasteiger partial charge is 0.355 e. The number of thiazole rings is 1. The summed E-state index contributed by atoms with van der Waals surface area (Å²) in [6.45, 7) is 6.36. The molecule has 1 aromatic heterocycles. The van der Waals surface area contributed by atoms with Crippen molar-refractivity contribution >= 4 is 28.0 Å². The second-order valence-electron chi connectivity index (χ2n) is 5.47. The van der Waals surface area contributed by atoms with E-state index < -0.39 is 16.0 Å². The zero-order chi connectivity index (χ0) is 16.8. The van der Waals surface area contributed by atoms with E-state index in [-0.39, 0.29) is 5.91 Å². The number of carbonyl (C=O) groups is 1. The number of nitrogens with zero attached hydrogens (tertiary/aromatic N) is 1. The van der Waals surface area contributed by atoms with Crippen molar-refractivity contribution in [1.82, 2.24) is 10.3 Å². The molecule has 1 N–H and O–H groups in total. The number of benzene rings is 1. The van der Waals surface area contributed by atoms with E-state index in [1.165, 1.54) is 16.9 Å². The summed E-state index contributed by atoms with van der Waals surface area (Å²) in [4.78, 5) is 16.4. The highest BCUT2D eigenvalue weighted by molar-refractivity contribution is 7.85. The van der Waals surface area contributed by atoms with Crippen LogP contribution in [-0.4, -0.2) is 26.9 Å². The predicted molar refractivity (Wildman–Crippen MR) is 96.9 cm³/mol. The molecule has 0 spiro atoms. The van der Waals surface area contributed by atoms with E-state index in [9.17, 15) is 9.00 Å². The third-order valence-electron chi connectivity index (χ3n) is 3.45. The molecule has 124 valence electrons. The van der Waals surface area contributed by atoms with Crippen LogP contribution >= 0.6 is 11.3 Å². The summed E-state index contributed by atoms with van der Waals surface area (Å²) in [6, 6.07) is 8.18. The third kappa shape index (κ3) is 4.97. The lowest BCUT2D eigenvalue weighted by atomic mass is 10.2. The standard InChI is InChI=1S/C17H22N2O2S2/c1-4-9-18-16(20)13(3)23(21)11-15-10-22-17(19-15)14-7-5-12(2)6-8-14/h5-8,10,13H,4,9,11H2,1-3H3,(H,18,20)/t13-,23-/m1/s1. The fourth-order valence-corrected chi connectivity index (χ4v) is 3.93. The van der Waals surface area contributed by atoms with E-state index in [1.807, 2.05) is 31.4 Å². The number of carbonyl (C=O) groups excluding carboxylic acids is 1. The number of aromatic nitrogens is 1. The molecule has 0 radical (unpaired) electrons. The van der Waals surface area contributed by atoms with Crippen LogP contribution in [0.4, 0.5) is 0 Å². The molecule has 0 aliphatic carbocycles. The SMILES string of the molecule is CCCNC(=O)[C@@H](C)[S@](=O)Cc1csc(-c2ccc(C)cc2)n1. The number of aryl methyl sites for hydroxylation is 1. The van der Waals surface area contributed by atoms with Crippen molar-refractivity contribution in [2.45, 2.75) is 38.2 Å². The fraction of sp³-hybridized carbons (Fsp3) is 0.412. The van der Waals surface area contributed by atoms with Crippen molar-refractivity contribution in [2.24, 2.45) is 0 Å². The molecule has 1 heterocycles. The molecule has 2 rings (SSSR count). The van der Waals surface area contributed by atoms with Crippen LogP contribution in [0.3, 0.4) is 0 Å². The Morgan fingerprint density at radius 1 is 1.35 bits per heavy atom. The zero-order valence-electron chi connectivity index (χ0n) is 13.7. The van der Waals surface area contributed by atoms with Gasteiger partial charge in [-0.25, -0.2) is 4.98 Å². The van der Waals surface area contributed by atoms with Gasteiger partial charge in [-0.15, -0.1) is 11.3 Å². The summed E-state index contributed by atoms with van der Waals surface area (Å²) >= 11 is 1.54. The maximum Gasteiger partial charge on any atom is 0.235 e. The van der Waals surface area contributed by atoms with Gasteiger partial charge in [-0.05, 0) is 20.3 Å². The molecule has 0 unspecified atom stereocenters. The maximum absolute atomic E-state index is 12.3. The molecule has 0 bridgehead atoms. The molecule has 0 aliphatic rings. The van der Waals surface area contributed by atoms with Crippen molar-refractivity contribution in [3.8, 4) is 10.6 Å². The van der Waals surface area contributed by atoms with Gasteiger partial charge in [0, 0.05) is 28.3 Å². The predicted octanol–water partition coefficient (Wildman–Crippen LogP) is 3.28. The monoisotopic (exact) mass is 350 g/mol. The molecule has 6 heteroatoms. The molecule has 0 saturated heterocycles. The van der Waals surface area contributed by atoms with Gasteiger partial charge >= 0.3 is 0 Å². The first-order valence-electron chi connectivity index (χ1n) is 7.67. The Hall–Kier alpha value is -1.53. The van der Waals surface area contributed by atoms with Gasteiger partial charge in [0.15, 0.2) is 0 Å². The summed E-state index contributed by atoms with van der Waals surface area (Å²) in [5, 5.41) is 5.10. The average molecular weight is 351 g/mol. The Kier molecular flexibility index (Phi) is 6.47. The number of hydrogen-bond donors (Lipinski definition) is 1. The van der Waals surface area contributed by atoms with Crippen LogP contribution < -0.4 is 5.32 Å². The van der Waals surface area contributed by atoms with Crippen LogP contribution in [0, 0.1) is 6.92 Å². The normalized spacial score (nSPS) is 13.5. The molecule has 4 nitrogen and oxygen atoms in total. The molecular formula is C17H22N2O2S2. The minimum absolute atomic E-state index is 0.154. The van der Waals surface area contributed by atoms with Crippen molar-refractivity contribution in [2.75, 3.05) is 6.54 Å². The number of rotatable bonds is 7. The zero-order valence-corrected chi connectivity index (χ0v) is 15.3. The molecule has 0 saturated carbocycles. The van der Waals surface area contributed by atoms with Crippen LogP contribution in [0.1, 0.15) is 31.5 Å². The minimum Gasteiger partial charge on any atom is -0.355 e. The average Bonchev–Trinajstić information content (AvgIpc) is 3.00. The molecule has 0 fully saturated rings. The smallest absolute Gasteiger partial charge is 0.235 e. The van der Waals surface area contributed by atoms with Crippen molar-refractivity contribution < 1.29 is 9.00 Å². The number of hydrogen-bond acceptors (Lipinski definition) is 4. The first-order valence-corrected chi connectivity index (χ1v) is 9.93. The third-order valence-corrected chi connectivity index (χ3v) is 5.98. The fourth-order valence-electron chi connectivity index (χ4n) is 1.98. The molecular weight excluding hydrogens is 328 g/mol. The Balaban J connectivity index is 1.99. The molecule has 23 heavy (non-hydrogen) atoms. The summed E-state index contributed by atoms with van der Waals surface area (Å²) < 4.78 is 12.3. The highest BCUT2D eigenvalue weighted by Crippen LogP contribution is 2.24. The molecule has 1 aromatic carbocycles. The minimum atomic E-state index is -1.26. The quantitative estimate of drug-likeness (QED) is 0.834. The van der Waals surface area contributed by atoms with Crippen LogP contribution in [0.15, 0.2) is 29.6 Å². The lowest BCUT2D eigenvalue weighted by Crippen LogP contribution is -2.36. The van der Waals surface area contributed by atoms with Crippen molar-refractivity contribution in [1.29, 1.82) is 0 Å². The first kappa shape index (κ1) is 17.8. The van der Waals surface area contributed by atoms with Crippen molar-refractivity contribution in [3.05, 3.63) is 40.9 Å².